The number of carbonyl (C=O) groups excluding carboxylic acids is 1. The molecule has 146 valence electrons. The number of aromatic nitrogens is 2. The highest BCUT2D eigenvalue weighted by Crippen LogP contribution is 2.24. The Morgan fingerprint density at radius 1 is 1.18 bits per heavy atom. The third kappa shape index (κ3) is 5.09. The number of nitrogens with one attached hydrogen (secondary N) is 1. The van der Waals surface area contributed by atoms with Gasteiger partial charge in [0.15, 0.2) is 0 Å². The summed E-state index contributed by atoms with van der Waals surface area (Å²) in [5.41, 5.74) is 1.49. The lowest BCUT2D eigenvalue weighted by molar-refractivity contribution is -0.116. The van der Waals surface area contributed by atoms with E-state index in [0.29, 0.717) is 49.0 Å². The number of amides is 1. The molecule has 28 heavy (non-hydrogen) atoms. The number of nitrogens with zero attached hydrogens (tertiary/aromatic N) is 2. The van der Waals surface area contributed by atoms with Crippen LogP contribution in [0.15, 0.2) is 53.1 Å². The molecule has 3 rings (SSSR count). The molecule has 3 aromatic rings. The molecule has 0 aliphatic rings. The number of anilines is 1. The van der Waals surface area contributed by atoms with Crippen molar-refractivity contribution in [1.29, 1.82) is 0 Å². The number of carbonyl (C=O) groups is 1. The van der Waals surface area contributed by atoms with Crippen molar-refractivity contribution < 1.29 is 18.8 Å². The summed E-state index contributed by atoms with van der Waals surface area (Å²) >= 11 is 0. The second-order valence-electron chi connectivity index (χ2n) is 6.07. The van der Waals surface area contributed by atoms with Gasteiger partial charge in [0, 0.05) is 18.4 Å². The quantitative estimate of drug-likeness (QED) is 0.600. The minimum atomic E-state index is -0.0836. The Labute approximate surface area is 163 Å². The van der Waals surface area contributed by atoms with E-state index >= 15 is 0 Å². The van der Waals surface area contributed by atoms with Crippen molar-refractivity contribution in [3.8, 4) is 22.9 Å². The van der Waals surface area contributed by atoms with Gasteiger partial charge >= 0.3 is 0 Å². The van der Waals surface area contributed by atoms with Crippen molar-refractivity contribution >= 4 is 11.6 Å². The molecule has 0 saturated heterocycles. The van der Waals surface area contributed by atoms with E-state index in [1.54, 1.807) is 7.11 Å². The molecule has 0 aliphatic carbocycles. The van der Waals surface area contributed by atoms with Crippen LogP contribution in [0, 0.1) is 0 Å². The summed E-state index contributed by atoms with van der Waals surface area (Å²) in [7, 11) is 1.61. The predicted octanol–water partition coefficient (Wildman–Crippen LogP) is 4.11. The monoisotopic (exact) mass is 381 g/mol. The summed E-state index contributed by atoms with van der Waals surface area (Å²) in [4.78, 5) is 16.6. The van der Waals surface area contributed by atoms with Crippen LogP contribution < -0.4 is 14.8 Å². The zero-order chi connectivity index (χ0) is 19.8. The van der Waals surface area contributed by atoms with Gasteiger partial charge in [0.1, 0.15) is 11.5 Å². The Morgan fingerprint density at radius 2 is 2.04 bits per heavy atom. The van der Waals surface area contributed by atoms with E-state index in [9.17, 15) is 4.79 Å². The smallest absolute Gasteiger partial charge is 0.226 e. The molecule has 7 nitrogen and oxygen atoms in total. The summed E-state index contributed by atoms with van der Waals surface area (Å²) in [5, 5.41) is 6.88. The molecule has 1 aromatic heterocycles. The molecular formula is C21H23N3O4. The first-order valence-electron chi connectivity index (χ1n) is 9.18. The number of aryl methyl sites for hydroxylation is 1. The molecule has 1 heterocycles. The maximum atomic E-state index is 12.2. The number of ether oxygens (including phenoxy) is 2. The molecule has 0 saturated carbocycles. The number of methoxy groups -OCH3 is 1. The van der Waals surface area contributed by atoms with Crippen molar-refractivity contribution in [3.63, 3.8) is 0 Å². The zero-order valence-corrected chi connectivity index (χ0v) is 16.0. The molecule has 1 amide bonds. The van der Waals surface area contributed by atoms with E-state index < -0.39 is 0 Å². The lowest BCUT2D eigenvalue weighted by Crippen LogP contribution is -2.12. The minimum Gasteiger partial charge on any atom is -0.497 e. The van der Waals surface area contributed by atoms with Crippen LogP contribution in [0.2, 0.25) is 0 Å². The summed E-state index contributed by atoms with van der Waals surface area (Å²) in [5.74, 6) is 2.31. The molecule has 0 unspecified atom stereocenters. The fourth-order valence-corrected chi connectivity index (χ4v) is 2.70. The standard InChI is InChI=1S/C21H23N3O4/c1-3-27-18-11-5-4-10-17(18)22-19(25)12-7-13-20-23-21(24-28-20)15-8-6-9-16(14-15)26-2/h4-6,8-11,14H,3,7,12-13H2,1-2H3,(H,22,25). The predicted molar refractivity (Wildman–Crippen MR) is 105 cm³/mol. The van der Waals surface area contributed by atoms with Crippen LogP contribution in [-0.4, -0.2) is 29.8 Å². The zero-order valence-electron chi connectivity index (χ0n) is 16.0. The third-order valence-corrected chi connectivity index (χ3v) is 4.05. The van der Waals surface area contributed by atoms with E-state index in [0.717, 1.165) is 11.3 Å². The number of hydrogen-bond donors (Lipinski definition) is 1. The van der Waals surface area contributed by atoms with Crippen LogP contribution >= 0.6 is 0 Å². The number of para-hydroxylation sites is 2. The first kappa shape index (κ1) is 19.4. The number of rotatable bonds is 9. The maximum Gasteiger partial charge on any atom is 0.226 e. The van der Waals surface area contributed by atoms with Crippen LogP contribution in [-0.2, 0) is 11.2 Å². The Kier molecular flexibility index (Phi) is 6.62. The van der Waals surface area contributed by atoms with Gasteiger partial charge in [-0.1, -0.05) is 29.4 Å². The van der Waals surface area contributed by atoms with E-state index in [4.69, 9.17) is 14.0 Å². The van der Waals surface area contributed by atoms with E-state index in [2.05, 4.69) is 15.5 Å². The van der Waals surface area contributed by atoms with E-state index in [-0.39, 0.29) is 5.91 Å². The summed E-state index contributed by atoms with van der Waals surface area (Å²) < 4.78 is 16.0. The Balaban J connectivity index is 1.51. The molecule has 7 heteroatoms. The molecule has 0 bridgehead atoms. The van der Waals surface area contributed by atoms with Crippen molar-refractivity contribution in [2.24, 2.45) is 0 Å². The summed E-state index contributed by atoms with van der Waals surface area (Å²) in [6.45, 7) is 2.45. The highest BCUT2D eigenvalue weighted by molar-refractivity contribution is 5.92. The summed E-state index contributed by atoms with van der Waals surface area (Å²) in [6.07, 6.45) is 1.47. The summed E-state index contributed by atoms with van der Waals surface area (Å²) in [6, 6.07) is 14.8. The average Bonchev–Trinajstić information content (AvgIpc) is 3.19. The first-order valence-corrected chi connectivity index (χ1v) is 9.18. The fraction of sp³-hybridized carbons (Fsp3) is 0.286. The second-order valence-corrected chi connectivity index (χ2v) is 6.07. The SMILES string of the molecule is CCOc1ccccc1NC(=O)CCCc1nc(-c2cccc(OC)c2)no1. The molecule has 2 aromatic carbocycles. The molecule has 0 aliphatic heterocycles. The van der Waals surface area contributed by atoms with Crippen molar-refractivity contribution in [2.75, 3.05) is 19.0 Å². The lowest BCUT2D eigenvalue weighted by atomic mass is 10.2. The van der Waals surface area contributed by atoms with Gasteiger partial charge in [0.2, 0.25) is 17.6 Å². The molecule has 0 atom stereocenters. The van der Waals surface area contributed by atoms with Gasteiger partial charge in [-0.2, -0.15) is 4.98 Å². The largest absolute Gasteiger partial charge is 0.497 e. The lowest BCUT2D eigenvalue weighted by Gasteiger charge is -2.10. The highest BCUT2D eigenvalue weighted by atomic mass is 16.5. The normalized spacial score (nSPS) is 10.5. The van der Waals surface area contributed by atoms with Crippen LogP contribution in [0.25, 0.3) is 11.4 Å². The van der Waals surface area contributed by atoms with Gasteiger partial charge < -0.3 is 19.3 Å². The first-order chi connectivity index (χ1) is 13.7. The molecule has 0 spiro atoms. The minimum absolute atomic E-state index is 0.0836. The van der Waals surface area contributed by atoms with Gasteiger partial charge in [-0.25, -0.2) is 0 Å². The van der Waals surface area contributed by atoms with Crippen molar-refractivity contribution in [1.82, 2.24) is 10.1 Å². The van der Waals surface area contributed by atoms with Crippen molar-refractivity contribution in [3.05, 3.63) is 54.4 Å². The molecule has 0 radical (unpaired) electrons. The van der Waals surface area contributed by atoms with Gasteiger partial charge in [0.25, 0.3) is 0 Å². The second kappa shape index (κ2) is 9.55. The van der Waals surface area contributed by atoms with Gasteiger partial charge in [-0.15, -0.1) is 0 Å². The molecule has 1 N–H and O–H groups in total. The Morgan fingerprint density at radius 3 is 2.86 bits per heavy atom. The van der Waals surface area contributed by atoms with Gasteiger partial charge in [-0.05, 0) is 37.6 Å². The topological polar surface area (TPSA) is 86.5 Å². The van der Waals surface area contributed by atoms with Crippen LogP contribution in [0.1, 0.15) is 25.7 Å². The van der Waals surface area contributed by atoms with E-state index in [1.165, 1.54) is 0 Å². The maximum absolute atomic E-state index is 12.2. The van der Waals surface area contributed by atoms with Crippen molar-refractivity contribution in [2.45, 2.75) is 26.2 Å². The highest BCUT2D eigenvalue weighted by Gasteiger charge is 2.11. The third-order valence-electron chi connectivity index (χ3n) is 4.05. The fourth-order valence-electron chi connectivity index (χ4n) is 2.70. The molecule has 0 fully saturated rings. The van der Waals surface area contributed by atoms with Gasteiger partial charge in [0.05, 0.1) is 19.4 Å². The van der Waals surface area contributed by atoms with Crippen LogP contribution in [0.3, 0.4) is 0 Å². The van der Waals surface area contributed by atoms with Crippen LogP contribution in [0.4, 0.5) is 5.69 Å². The number of hydrogen-bond acceptors (Lipinski definition) is 6. The Hall–Kier alpha value is -3.35. The average molecular weight is 381 g/mol. The van der Waals surface area contributed by atoms with Crippen LogP contribution in [0.5, 0.6) is 11.5 Å². The number of benzene rings is 2. The molecular weight excluding hydrogens is 358 g/mol. The Bertz CT molecular complexity index is 923. The van der Waals surface area contributed by atoms with E-state index in [1.807, 2.05) is 55.5 Å². The van der Waals surface area contributed by atoms with Gasteiger partial charge in [-0.3, -0.25) is 4.79 Å².